The van der Waals surface area contributed by atoms with Crippen LogP contribution in [0.4, 0.5) is 5.82 Å². The van der Waals surface area contributed by atoms with E-state index in [2.05, 4.69) is 26.1 Å². The van der Waals surface area contributed by atoms with Gasteiger partial charge in [-0.25, -0.2) is 0 Å². The second kappa shape index (κ2) is 8.02. The number of carbonyl (C=O) groups is 2. The zero-order valence-electron chi connectivity index (χ0n) is 11.2. The molecule has 7 heteroatoms. The molecule has 1 rings (SSSR count). The fourth-order valence-electron chi connectivity index (χ4n) is 1.33. The van der Waals surface area contributed by atoms with Crippen molar-refractivity contribution in [3.63, 3.8) is 0 Å². The molecule has 0 radical (unpaired) electrons. The molecule has 0 aliphatic carbocycles. The quantitative estimate of drug-likeness (QED) is 0.653. The standard InChI is InChI=1S/C12H19N5O2/c1-3-7-15-11(18)6-8-14-10-5-4-9(16-17-10)12(19)13-2/h4-5H,3,6-8H2,1-2H3,(H,13,19)(H,14,17)(H,15,18). The Hall–Kier alpha value is -2.18. The molecule has 0 spiro atoms. The molecule has 1 aromatic rings. The summed E-state index contributed by atoms with van der Waals surface area (Å²) in [6.07, 6.45) is 1.30. The number of carbonyl (C=O) groups excluding carboxylic acids is 2. The van der Waals surface area contributed by atoms with Crippen LogP contribution >= 0.6 is 0 Å². The smallest absolute Gasteiger partial charge is 0.271 e. The minimum Gasteiger partial charge on any atom is -0.368 e. The number of hydrogen-bond donors (Lipinski definition) is 3. The van der Waals surface area contributed by atoms with Crippen LogP contribution < -0.4 is 16.0 Å². The summed E-state index contributed by atoms with van der Waals surface area (Å²) < 4.78 is 0. The molecule has 0 saturated heterocycles. The molecular formula is C12H19N5O2. The van der Waals surface area contributed by atoms with Crippen LogP contribution in [0.2, 0.25) is 0 Å². The third kappa shape index (κ3) is 5.33. The molecule has 2 amide bonds. The van der Waals surface area contributed by atoms with E-state index in [4.69, 9.17) is 0 Å². The largest absolute Gasteiger partial charge is 0.368 e. The van der Waals surface area contributed by atoms with Crippen molar-refractivity contribution < 1.29 is 9.59 Å². The Morgan fingerprint density at radius 3 is 2.58 bits per heavy atom. The van der Waals surface area contributed by atoms with Crippen molar-refractivity contribution in [3.8, 4) is 0 Å². The number of rotatable bonds is 7. The van der Waals surface area contributed by atoms with E-state index in [0.717, 1.165) is 6.42 Å². The van der Waals surface area contributed by atoms with Gasteiger partial charge in [0.25, 0.3) is 5.91 Å². The van der Waals surface area contributed by atoms with Crippen LogP contribution in [-0.2, 0) is 4.79 Å². The summed E-state index contributed by atoms with van der Waals surface area (Å²) in [6, 6.07) is 3.23. The molecule has 0 unspecified atom stereocenters. The first-order valence-corrected chi connectivity index (χ1v) is 6.23. The first-order valence-electron chi connectivity index (χ1n) is 6.23. The fraction of sp³-hybridized carbons (Fsp3) is 0.500. The summed E-state index contributed by atoms with van der Waals surface area (Å²) in [5, 5.41) is 15.8. The first kappa shape index (κ1) is 14.9. The average molecular weight is 265 g/mol. The number of nitrogens with zero attached hydrogens (tertiary/aromatic N) is 2. The van der Waals surface area contributed by atoms with Crippen LogP contribution in [0, 0.1) is 0 Å². The molecule has 104 valence electrons. The van der Waals surface area contributed by atoms with Crippen LogP contribution in [0.1, 0.15) is 30.3 Å². The Morgan fingerprint density at radius 1 is 1.21 bits per heavy atom. The van der Waals surface area contributed by atoms with Gasteiger partial charge in [-0.2, -0.15) is 0 Å². The van der Waals surface area contributed by atoms with Gasteiger partial charge in [-0.3, -0.25) is 9.59 Å². The van der Waals surface area contributed by atoms with Gasteiger partial charge in [-0.1, -0.05) is 6.92 Å². The molecule has 0 aliphatic heterocycles. The van der Waals surface area contributed by atoms with Crippen molar-refractivity contribution in [2.24, 2.45) is 0 Å². The van der Waals surface area contributed by atoms with Crippen molar-refractivity contribution in [3.05, 3.63) is 17.8 Å². The van der Waals surface area contributed by atoms with E-state index in [-0.39, 0.29) is 17.5 Å². The van der Waals surface area contributed by atoms with Gasteiger partial charge < -0.3 is 16.0 Å². The maximum absolute atomic E-state index is 11.3. The number of aromatic nitrogens is 2. The normalized spacial score (nSPS) is 9.79. The lowest BCUT2D eigenvalue weighted by Crippen LogP contribution is -2.26. The highest BCUT2D eigenvalue weighted by molar-refractivity contribution is 5.91. The van der Waals surface area contributed by atoms with Gasteiger partial charge in [0.2, 0.25) is 5.91 Å². The lowest BCUT2D eigenvalue weighted by atomic mass is 10.3. The Bertz CT molecular complexity index is 419. The molecule has 0 saturated carbocycles. The highest BCUT2D eigenvalue weighted by atomic mass is 16.2. The van der Waals surface area contributed by atoms with Crippen molar-refractivity contribution >= 4 is 17.6 Å². The molecule has 0 bridgehead atoms. The van der Waals surface area contributed by atoms with Crippen molar-refractivity contribution in [1.29, 1.82) is 0 Å². The van der Waals surface area contributed by atoms with Gasteiger partial charge in [0.05, 0.1) is 0 Å². The summed E-state index contributed by atoms with van der Waals surface area (Å²) >= 11 is 0. The minimum absolute atomic E-state index is 0.00397. The Balaban J connectivity index is 2.34. The summed E-state index contributed by atoms with van der Waals surface area (Å²) in [5.41, 5.74) is 0.258. The first-order chi connectivity index (χ1) is 9.17. The molecule has 19 heavy (non-hydrogen) atoms. The van der Waals surface area contributed by atoms with E-state index in [9.17, 15) is 9.59 Å². The predicted molar refractivity (Wildman–Crippen MR) is 71.8 cm³/mol. The van der Waals surface area contributed by atoms with Crippen LogP contribution in [-0.4, -0.2) is 42.1 Å². The van der Waals surface area contributed by atoms with E-state index in [1.54, 1.807) is 12.1 Å². The van der Waals surface area contributed by atoms with Crippen molar-refractivity contribution in [2.45, 2.75) is 19.8 Å². The SMILES string of the molecule is CCCNC(=O)CCNc1ccc(C(=O)NC)nn1. The zero-order valence-corrected chi connectivity index (χ0v) is 11.2. The number of hydrogen-bond acceptors (Lipinski definition) is 5. The molecule has 3 N–H and O–H groups in total. The minimum atomic E-state index is -0.280. The maximum atomic E-state index is 11.3. The van der Waals surface area contributed by atoms with E-state index in [0.29, 0.717) is 25.3 Å². The van der Waals surface area contributed by atoms with Crippen molar-refractivity contribution in [2.75, 3.05) is 25.5 Å². The molecule has 0 aliphatic rings. The van der Waals surface area contributed by atoms with Gasteiger partial charge in [0.15, 0.2) is 5.69 Å². The molecule has 0 fully saturated rings. The number of anilines is 1. The summed E-state index contributed by atoms with van der Waals surface area (Å²) in [6.45, 7) is 3.17. The fourth-order valence-corrected chi connectivity index (χ4v) is 1.33. The maximum Gasteiger partial charge on any atom is 0.271 e. The summed E-state index contributed by atoms with van der Waals surface area (Å²) in [5.74, 6) is 0.262. The third-order valence-electron chi connectivity index (χ3n) is 2.35. The molecule has 1 aromatic heterocycles. The summed E-state index contributed by atoms with van der Waals surface area (Å²) in [7, 11) is 1.53. The van der Waals surface area contributed by atoms with Gasteiger partial charge in [0, 0.05) is 26.6 Å². The van der Waals surface area contributed by atoms with Crippen LogP contribution in [0.5, 0.6) is 0 Å². The van der Waals surface area contributed by atoms with Crippen LogP contribution in [0.3, 0.4) is 0 Å². The van der Waals surface area contributed by atoms with Crippen LogP contribution in [0.25, 0.3) is 0 Å². The highest BCUT2D eigenvalue weighted by Crippen LogP contribution is 2.01. The van der Waals surface area contributed by atoms with Gasteiger partial charge in [-0.05, 0) is 18.6 Å². The second-order valence-corrected chi connectivity index (χ2v) is 3.91. The second-order valence-electron chi connectivity index (χ2n) is 3.91. The zero-order chi connectivity index (χ0) is 14.1. The van der Waals surface area contributed by atoms with Crippen molar-refractivity contribution in [1.82, 2.24) is 20.8 Å². The molecule has 0 aromatic carbocycles. The molecular weight excluding hydrogens is 246 g/mol. The van der Waals surface area contributed by atoms with E-state index in [1.165, 1.54) is 7.05 Å². The Morgan fingerprint density at radius 2 is 2.00 bits per heavy atom. The number of nitrogens with one attached hydrogen (secondary N) is 3. The lowest BCUT2D eigenvalue weighted by Gasteiger charge is -2.06. The van der Waals surface area contributed by atoms with Gasteiger partial charge in [-0.15, -0.1) is 10.2 Å². The molecule has 0 atom stereocenters. The van der Waals surface area contributed by atoms with E-state index in [1.807, 2.05) is 6.92 Å². The third-order valence-corrected chi connectivity index (χ3v) is 2.35. The van der Waals surface area contributed by atoms with Gasteiger partial charge >= 0.3 is 0 Å². The van der Waals surface area contributed by atoms with Crippen LogP contribution in [0.15, 0.2) is 12.1 Å². The van der Waals surface area contributed by atoms with E-state index < -0.39 is 0 Å². The Labute approximate surface area is 112 Å². The monoisotopic (exact) mass is 265 g/mol. The topological polar surface area (TPSA) is 96.0 Å². The lowest BCUT2D eigenvalue weighted by molar-refractivity contribution is -0.120. The number of amides is 2. The highest BCUT2D eigenvalue weighted by Gasteiger charge is 2.05. The predicted octanol–water partition coefficient (Wildman–Crippen LogP) is 0.164. The summed E-state index contributed by atoms with van der Waals surface area (Å²) in [4.78, 5) is 22.6. The van der Waals surface area contributed by atoms with E-state index >= 15 is 0 Å². The molecule has 7 nitrogen and oxygen atoms in total. The van der Waals surface area contributed by atoms with Gasteiger partial charge in [0.1, 0.15) is 5.82 Å². The Kier molecular flexibility index (Phi) is 6.28. The average Bonchev–Trinajstić information content (AvgIpc) is 2.45. The molecule has 1 heterocycles.